The van der Waals surface area contributed by atoms with Gasteiger partial charge in [-0.1, -0.05) is 0 Å². The Labute approximate surface area is 103 Å². The van der Waals surface area contributed by atoms with Gasteiger partial charge in [-0.25, -0.2) is 0 Å². The van der Waals surface area contributed by atoms with Crippen LogP contribution in [0.5, 0.6) is 0 Å². The summed E-state index contributed by atoms with van der Waals surface area (Å²) in [6.07, 6.45) is -1.13. The fourth-order valence-corrected chi connectivity index (χ4v) is 1.68. The molecule has 0 fully saturated rings. The molecule has 0 bridgehead atoms. The number of hydrogen-bond acceptors (Lipinski definition) is 4. The molecule has 1 unspecified atom stereocenters. The van der Waals surface area contributed by atoms with Gasteiger partial charge in [0.25, 0.3) is 4.74 Å². The van der Waals surface area contributed by atoms with Crippen molar-refractivity contribution < 1.29 is 22.8 Å². The summed E-state index contributed by atoms with van der Waals surface area (Å²) in [5, 5.41) is 3.96. The Kier molecular flexibility index (Phi) is 3.15. The smallest absolute Gasteiger partial charge is 0.251 e. The van der Waals surface area contributed by atoms with E-state index in [4.69, 9.17) is 4.84 Å². The van der Waals surface area contributed by atoms with E-state index in [1.807, 2.05) is 0 Å². The van der Waals surface area contributed by atoms with Gasteiger partial charge < -0.3 is 0 Å². The van der Waals surface area contributed by atoms with Gasteiger partial charge in [0.05, 0.1) is 12.6 Å². The standard InChI is InChI=1S/C8H7BrF3N4O/c9-7-14-6-5-13-2-3-16(6,15-7)17-4-1-8(10,11)12/h2-3,5H,1,4H2/q+1. The molecule has 5 nitrogen and oxygen atoms in total. The Morgan fingerprint density at radius 1 is 1.41 bits per heavy atom. The molecule has 9 heteroatoms. The lowest BCUT2D eigenvalue weighted by molar-refractivity contribution is -0.998. The van der Waals surface area contributed by atoms with Crippen molar-refractivity contribution in [2.24, 2.45) is 15.1 Å². The van der Waals surface area contributed by atoms with Crippen molar-refractivity contribution >= 4 is 32.7 Å². The zero-order chi connectivity index (χ0) is 12.5. The first kappa shape index (κ1) is 12.4. The molecule has 0 aromatic rings. The minimum atomic E-state index is -4.26. The number of nitrogens with zero attached hydrogens (tertiary/aromatic N) is 4. The van der Waals surface area contributed by atoms with E-state index >= 15 is 0 Å². The molecule has 1 atom stereocenters. The molecule has 17 heavy (non-hydrogen) atoms. The van der Waals surface area contributed by atoms with Crippen LogP contribution in [-0.4, -0.2) is 34.3 Å². The van der Waals surface area contributed by atoms with E-state index in [1.165, 1.54) is 18.6 Å². The predicted molar refractivity (Wildman–Crippen MR) is 58.3 cm³/mol. The highest BCUT2D eigenvalue weighted by Gasteiger charge is 2.43. The second kappa shape index (κ2) is 4.31. The van der Waals surface area contributed by atoms with Crippen LogP contribution in [0, 0.1) is 0 Å². The zero-order valence-electron chi connectivity index (χ0n) is 8.36. The minimum absolute atomic E-state index is 0.248. The van der Waals surface area contributed by atoms with Crippen molar-refractivity contribution in [1.82, 2.24) is 0 Å². The maximum atomic E-state index is 12.0. The molecule has 2 heterocycles. The third-order valence-electron chi connectivity index (χ3n) is 1.98. The maximum Gasteiger partial charge on any atom is 0.391 e. The summed E-state index contributed by atoms with van der Waals surface area (Å²) in [7, 11) is 0. The monoisotopic (exact) mass is 311 g/mol. The van der Waals surface area contributed by atoms with Crippen molar-refractivity contribution in [1.29, 1.82) is 0 Å². The van der Waals surface area contributed by atoms with Crippen LogP contribution in [0.15, 0.2) is 27.5 Å². The Morgan fingerprint density at radius 3 is 2.88 bits per heavy atom. The lowest BCUT2D eigenvalue weighted by Crippen LogP contribution is -2.43. The van der Waals surface area contributed by atoms with Crippen LogP contribution in [0.2, 0.25) is 0 Å². The van der Waals surface area contributed by atoms with Gasteiger partial charge in [-0.3, -0.25) is 4.99 Å². The number of hydroxylamine groups is 2. The Bertz CT molecular complexity index is 443. The first-order chi connectivity index (χ1) is 7.91. The molecular weight excluding hydrogens is 305 g/mol. The van der Waals surface area contributed by atoms with Crippen LogP contribution >= 0.6 is 15.9 Å². The van der Waals surface area contributed by atoms with E-state index in [1.54, 1.807) is 0 Å². The minimum Gasteiger partial charge on any atom is -0.251 e. The number of hydrogen-bond donors (Lipinski definition) is 0. The molecule has 2 rings (SSSR count). The van der Waals surface area contributed by atoms with Crippen molar-refractivity contribution in [3.05, 3.63) is 12.4 Å². The number of alkyl halides is 3. The molecule has 0 spiro atoms. The predicted octanol–water partition coefficient (Wildman–Crippen LogP) is 2.32. The fraction of sp³-hybridized carbons (Fsp3) is 0.375. The van der Waals surface area contributed by atoms with Crippen molar-refractivity contribution in [3.8, 4) is 0 Å². The summed E-state index contributed by atoms with van der Waals surface area (Å²) in [5.74, 6) is 0.307. The van der Waals surface area contributed by atoms with Gasteiger partial charge in [0.1, 0.15) is 12.8 Å². The number of rotatable bonds is 3. The summed E-state index contributed by atoms with van der Waals surface area (Å²) in [5.41, 5.74) is 0. The average molecular weight is 312 g/mol. The molecule has 0 radical (unpaired) electrons. The van der Waals surface area contributed by atoms with E-state index < -0.39 is 24.0 Å². The molecule has 0 aromatic carbocycles. The average Bonchev–Trinajstić information content (AvgIpc) is 2.51. The number of amidine groups is 2. The third-order valence-corrected chi connectivity index (χ3v) is 2.32. The zero-order valence-corrected chi connectivity index (χ0v) is 9.94. The molecule has 0 N–H and O–H groups in total. The highest BCUT2D eigenvalue weighted by Crippen LogP contribution is 2.26. The molecule has 0 saturated carbocycles. The van der Waals surface area contributed by atoms with Gasteiger partial charge >= 0.3 is 12.0 Å². The number of halogens is 4. The molecule has 2 aliphatic rings. The fourth-order valence-electron chi connectivity index (χ4n) is 1.26. The molecule has 0 aliphatic carbocycles. The largest absolute Gasteiger partial charge is 0.391 e. The highest BCUT2D eigenvalue weighted by molar-refractivity contribution is 9.18. The number of fused-ring (bicyclic) bond motifs is 1. The SMILES string of the molecule is FC(F)(F)CCO[N+]12C=CN=CC1=NC(Br)=N2. The van der Waals surface area contributed by atoms with E-state index in [-0.39, 0.29) is 4.74 Å². The molecule has 2 aliphatic heterocycles. The Balaban J connectivity index is 2.06. The summed E-state index contributed by atoms with van der Waals surface area (Å²) >= 11 is 3.04. The quantitative estimate of drug-likeness (QED) is 0.583. The Hall–Kier alpha value is -1.06. The van der Waals surface area contributed by atoms with Gasteiger partial charge in [0.2, 0.25) is 0 Å². The van der Waals surface area contributed by atoms with Crippen LogP contribution in [0.25, 0.3) is 0 Å². The molecular formula is C8H7BrF3N4O+. The van der Waals surface area contributed by atoms with Gasteiger partial charge in [-0.15, -0.1) is 0 Å². The van der Waals surface area contributed by atoms with Crippen molar-refractivity contribution in [2.75, 3.05) is 6.61 Å². The molecule has 0 saturated heterocycles. The maximum absolute atomic E-state index is 12.0. The van der Waals surface area contributed by atoms with Gasteiger partial charge in [-0.2, -0.15) is 23.0 Å². The number of aliphatic imine (C=N–C) groups is 2. The van der Waals surface area contributed by atoms with Crippen molar-refractivity contribution in [3.63, 3.8) is 0 Å². The molecule has 0 amide bonds. The van der Waals surface area contributed by atoms with E-state index in [0.717, 1.165) is 0 Å². The topological polar surface area (TPSA) is 46.3 Å². The Morgan fingerprint density at radius 2 is 2.18 bits per heavy atom. The molecule has 0 aromatic heterocycles. The van der Waals surface area contributed by atoms with E-state index in [2.05, 4.69) is 31.0 Å². The number of quaternary nitrogens is 1. The summed E-state index contributed by atoms with van der Waals surface area (Å²) < 4.78 is 35.8. The second-order valence-electron chi connectivity index (χ2n) is 3.24. The van der Waals surface area contributed by atoms with Crippen LogP contribution in [0.4, 0.5) is 13.2 Å². The third kappa shape index (κ3) is 2.79. The van der Waals surface area contributed by atoms with Crippen LogP contribution in [0.1, 0.15) is 6.42 Å². The van der Waals surface area contributed by atoms with Crippen LogP contribution in [0.3, 0.4) is 0 Å². The van der Waals surface area contributed by atoms with Gasteiger partial charge in [0.15, 0.2) is 6.20 Å². The second-order valence-corrected chi connectivity index (χ2v) is 3.95. The van der Waals surface area contributed by atoms with Gasteiger partial charge in [-0.05, 0) is 5.10 Å². The first-order valence-corrected chi connectivity index (χ1v) is 5.36. The van der Waals surface area contributed by atoms with E-state index in [9.17, 15) is 13.2 Å². The molecule has 92 valence electrons. The van der Waals surface area contributed by atoms with E-state index in [0.29, 0.717) is 5.84 Å². The summed E-state index contributed by atoms with van der Waals surface area (Å²) in [6.45, 7) is -0.509. The highest BCUT2D eigenvalue weighted by atomic mass is 79.9. The summed E-state index contributed by atoms with van der Waals surface area (Å²) in [6, 6.07) is 0. The lowest BCUT2D eigenvalue weighted by Gasteiger charge is -2.21. The van der Waals surface area contributed by atoms with Crippen molar-refractivity contribution in [2.45, 2.75) is 12.6 Å². The normalized spacial score (nSPS) is 26.8. The lowest BCUT2D eigenvalue weighted by atomic mass is 10.4. The first-order valence-electron chi connectivity index (χ1n) is 4.57. The van der Waals surface area contributed by atoms with Crippen LogP contribution in [-0.2, 0) is 4.84 Å². The van der Waals surface area contributed by atoms with Gasteiger partial charge in [0, 0.05) is 20.7 Å². The summed E-state index contributed by atoms with van der Waals surface area (Å²) in [4.78, 5) is 12.9. The van der Waals surface area contributed by atoms with Crippen LogP contribution < -0.4 is 0 Å².